The first-order valence-electron chi connectivity index (χ1n) is 4.68. The summed E-state index contributed by atoms with van der Waals surface area (Å²) in [5, 5.41) is 0. The van der Waals surface area contributed by atoms with Crippen molar-refractivity contribution < 1.29 is 0 Å². The molecule has 0 spiro atoms. The normalized spacial score (nSPS) is 9.00. The van der Waals surface area contributed by atoms with Crippen LogP contribution in [-0.2, 0) is 0 Å². The fourth-order valence-electron chi connectivity index (χ4n) is 0.945. The second-order valence-corrected chi connectivity index (χ2v) is 2.86. The maximum absolute atomic E-state index is 3.62. The first kappa shape index (κ1) is 12.4. The van der Waals surface area contributed by atoms with Gasteiger partial charge in [0.15, 0.2) is 0 Å². The minimum atomic E-state index is 1.26. The second-order valence-electron chi connectivity index (χ2n) is 2.86. The van der Waals surface area contributed by atoms with E-state index >= 15 is 0 Å². The topological polar surface area (TPSA) is 0 Å². The van der Waals surface area contributed by atoms with E-state index < -0.39 is 0 Å². The van der Waals surface area contributed by atoms with Crippen molar-refractivity contribution in [2.45, 2.75) is 13.8 Å². The fraction of sp³-hybridized carbons (Fsp3) is 0.143. The molecule has 0 heterocycles. The molecule has 0 saturated heterocycles. The van der Waals surface area contributed by atoms with Gasteiger partial charge in [-0.2, -0.15) is 0 Å². The number of allylic oxidation sites excluding steroid dienone is 3. The summed E-state index contributed by atoms with van der Waals surface area (Å²) in [6.45, 7) is 11.0. The first-order chi connectivity index (χ1) is 6.76. The quantitative estimate of drug-likeness (QED) is 0.475. The maximum Gasteiger partial charge on any atom is -0.0227 e. The smallest absolute Gasteiger partial charge is 0.0227 e. The van der Waals surface area contributed by atoms with Crippen molar-refractivity contribution in [2.75, 3.05) is 0 Å². The Morgan fingerprint density at radius 2 is 1.71 bits per heavy atom. The third-order valence-electron chi connectivity index (χ3n) is 1.60. The molecule has 0 unspecified atom stereocenters. The first-order valence-corrected chi connectivity index (χ1v) is 4.68. The SMILES string of the molecule is C=C/C=C\c1ccccc1C.C=CC. The number of hydrogen-bond donors (Lipinski definition) is 0. The van der Waals surface area contributed by atoms with Gasteiger partial charge in [-0.1, -0.05) is 55.1 Å². The highest BCUT2D eigenvalue weighted by atomic mass is 13.9. The van der Waals surface area contributed by atoms with Crippen LogP contribution in [0.15, 0.2) is 55.7 Å². The van der Waals surface area contributed by atoms with E-state index in [0.717, 1.165) is 0 Å². The molecule has 0 fully saturated rings. The summed E-state index contributed by atoms with van der Waals surface area (Å²) in [5.74, 6) is 0. The summed E-state index contributed by atoms with van der Waals surface area (Å²) in [6.07, 6.45) is 7.54. The van der Waals surface area contributed by atoms with Crippen LogP contribution >= 0.6 is 0 Å². The molecule has 1 rings (SSSR count). The van der Waals surface area contributed by atoms with Gasteiger partial charge in [-0.25, -0.2) is 0 Å². The monoisotopic (exact) mass is 186 g/mol. The molecular weight excluding hydrogens is 168 g/mol. The summed E-state index contributed by atoms with van der Waals surface area (Å²) in [6, 6.07) is 8.27. The lowest BCUT2D eigenvalue weighted by Gasteiger charge is -1.96. The van der Waals surface area contributed by atoms with Gasteiger partial charge in [-0.05, 0) is 25.0 Å². The van der Waals surface area contributed by atoms with Gasteiger partial charge in [0.05, 0.1) is 0 Å². The molecule has 0 aliphatic heterocycles. The van der Waals surface area contributed by atoms with E-state index in [4.69, 9.17) is 0 Å². The maximum atomic E-state index is 3.62. The van der Waals surface area contributed by atoms with Crippen LogP contribution in [-0.4, -0.2) is 0 Å². The van der Waals surface area contributed by atoms with Gasteiger partial charge in [0.2, 0.25) is 0 Å². The standard InChI is InChI=1S/C11H12.C3H6/c1-3-4-8-11-9-6-5-7-10(11)2;1-3-2/h3-9H,1H2,2H3;3H,1H2,2H3/b8-4-;. The number of aryl methyl sites for hydroxylation is 1. The number of rotatable bonds is 2. The predicted molar refractivity (Wildman–Crippen MR) is 66.3 cm³/mol. The molecule has 0 atom stereocenters. The van der Waals surface area contributed by atoms with Crippen molar-refractivity contribution in [1.29, 1.82) is 0 Å². The molecule has 1 aromatic carbocycles. The lowest BCUT2D eigenvalue weighted by molar-refractivity contribution is 1.44. The molecular formula is C14H18. The van der Waals surface area contributed by atoms with Gasteiger partial charge >= 0.3 is 0 Å². The van der Waals surface area contributed by atoms with Gasteiger partial charge in [0.1, 0.15) is 0 Å². The average Bonchev–Trinajstić information content (AvgIpc) is 2.18. The molecule has 0 amide bonds. The summed E-state index contributed by atoms with van der Waals surface area (Å²) in [5.41, 5.74) is 2.55. The summed E-state index contributed by atoms with van der Waals surface area (Å²) in [7, 11) is 0. The van der Waals surface area contributed by atoms with Crippen LogP contribution in [0, 0.1) is 6.92 Å². The Bertz CT molecular complexity index is 306. The highest BCUT2D eigenvalue weighted by molar-refractivity contribution is 5.54. The summed E-state index contributed by atoms with van der Waals surface area (Å²) in [4.78, 5) is 0. The zero-order valence-electron chi connectivity index (χ0n) is 9.03. The van der Waals surface area contributed by atoms with Crippen LogP contribution in [0.3, 0.4) is 0 Å². The Hall–Kier alpha value is -1.56. The molecule has 0 aliphatic carbocycles. The molecule has 0 saturated carbocycles. The summed E-state index contributed by atoms with van der Waals surface area (Å²) < 4.78 is 0. The molecule has 1 aromatic rings. The van der Waals surface area contributed by atoms with E-state index in [1.165, 1.54) is 11.1 Å². The summed E-state index contributed by atoms with van der Waals surface area (Å²) >= 11 is 0. The predicted octanol–water partition coefficient (Wildman–Crippen LogP) is 4.39. The van der Waals surface area contributed by atoms with Gasteiger partial charge < -0.3 is 0 Å². The molecule has 14 heavy (non-hydrogen) atoms. The minimum Gasteiger partial charge on any atom is -0.103 e. The van der Waals surface area contributed by atoms with E-state index in [0.29, 0.717) is 0 Å². The van der Waals surface area contributed by atoms with Crippen molar-refractivity contribution >= 4 is 6.08 Å². The Morgan fingerprint density at radius 3 is 2.21 bits per heavy atom. The van der Waals surface area contributed by atoms with E-state index in [1.54, 1.807) is 12.2 Å². The van der Waals surface area contributed by atoms with Crippen LogP contribution in [0.4, 0.5) is 0 Å². The average molecular weight is 186 g/mol. The molecule has 0 aliphatic rings. The Kier molecular flexibility index (Phi) is 7.16. The van der Waals surface area contributed by atoms with Crippen LogP contribution in [0.1, 0.15) is 18.1 Å². The van der Waals surface area contributed by atoms with E-state index in [9.17, 15) is 0 Å². The second kappa shape index (κ2) is 8.06. The van der Waals surface area contributed by atoms with Gasteiger partial charge in [0, 0.05) is 0 Å². The molecule has 0 heteroatoms. The van der Waals surface area contributed by atoms with Crippen LogP contribution < -0.4 is 0 Å². The van der Waals surface area contributed by atoms with E-state index in [2.05, 4.69) is 38.3 Å². The zero-order chi connectivity index (χ0) is 10.8. The zero-order valence-corrected chi connectivity index (χ0v) is 9.03. The van der Waals surface area contributed by atoms with E-state index in [-0.39, 0.29) is 0 Å². The largest absolute Gasteiger partial charge is 0.103 e. The fourth-order valence-corrected chi connectivity index (χ4v) is 0.945. The van der Waals surface area contributed by atoms with Crippen LogP contribution in [0.25, 0.3) is 6.08 Å². The third kappa shape index (κ3) is 5.15. The highest BCUT2D eigenvalue weighted by Crippen LogP contribution is 2.08. The van der Waals surface area contributed by atoms with Crippen LogP contribution in [0.2, 0.25) is 0 Å². The molecule has 0 radical (unpaired) electrons. The van der Waals surface area contributed by atoms with Crippen LogP contribution in [0.5, 0.6) is 0 Å². The molecule has 0 aromatic heterocycles. The third-order valence-corrected chi connectivity index (χ3v) is 1.60. The number of hydrogen-bond acceptors (Lipinski definition) is 0. The molecule has 74 valence electrons. The molecule has 0 nitrogen and oxygen atoms in total. The van der Waals surface area contributed by atoms with Crippen molar-refractivity contribution in [2.24, 2.45) is 0 Å². The Labute approximate surface area is 87.3 Å². The van der Waals surface area contributed by atoms with Gasteiger partial charge in [0.25, 0.3) is 0 Å². The Morgan fingerprint density at radius 1 is 1.14 bits per heavy atom. The van der Waals surface area contributed by atoms with Gasteiger partial charge in [-0.3, -0.25) is 0 Å². The lowest BCUT2D eigenvalue weighted by Crippen LogP contribution is -1.76. The van der Waals surface area contributed by atoms with Crippen molar-refractivity contribution in [3.63, 3.8) is 0 Å². The van der Waals surface area contributed by atoms with E-state index in [1.807, 2.05) is 25.1 Å². The van der Waals surface area contributed by atoms with Crippen molar-refractivity contribution in [3.8, 4) is 0 Å². The minimum absolute atomic E-state index is 1.26. The van der Waals surface area contributed by atoms with Crippen molar-refractivity contribution in [3.05, 3.63) is 66.8 Å². The van der Waals surface area contributed by atoms with Crippen molar-refractivity contribution in [1.82, 2.24) is 0 Å². The highest BCUT2D eigenvalue weighted by Gasteiger charge is 1.88. The number of benzene rings is 1. The molecule has 0 bridgehead atoms. The lowest BCUT2D eigenvalue weighted by atomic mass is 10.1. The van der Waals surface area contributed by atoms with Gasteiger partial charge in [-0.15, -0.1) is 6.58 Å². The molecule has 0 N–H and O–H groups in total. The Balaban J connectivity index is 0.000000500.